The highest BCUT2D eigenvalue weighted by molar-refractivity contribution is 7.10. The summed E-state index contributed by atoms with van der Waals surface area (Å²) in [5.74, 6) is 0.187. The van der Waals surface area contributed by atoms with Crippen LogP contribution in [0.2, 0.25) is 0 Å². The summed E-state index contributed by atoms with van der Waals surface area (Å²) in [4.78, 5) is 23.4. The van der Waals surface area contributed by atoms with Gasteiger partial charge in [0.1, 0.15) is 6.33 Å². The molecule has 5 heteroatoms. The third-order valence-electron chi connectivity index (χ3n) is 3.12. The van der Waals surface area contributed by atoms with Crippen LogP contribution in [0.5, 0.6) is 0 Å². The second-order valence-electron chi connectivity index (χ2n) is 4.32. The Balaban J connectivity index is 1.70. The predicted molar refractivity (Wildman–Crippen MR) is 69.2 cm³/mol. The van der Waals surface area contributed by atoms with Crippen LogP contribution in [0.25, 0.3) is 0 Å². The number of carbonyl (C=O) groups is 1. The van der Waals surface area contributed by atoms with Gasteiger partial charge in [-0.05, 0) is 11.4 Å². The van der Waals surface area contributed by atoms with Crippen molar-refractivity contribution in [3.8, 4) is 0 Å². The van der Waals surface area contributed by atoms with Crippen LogP contribution in [0.15, 0.2) is 30.0 Å². The molecule has 92 valence electrons. The van der Waals surface area contributed by atoms with E-state index in [-0.39, 0.29) is 5.91 Å². The molecule has 0 unspecified atom stereocenters. The van der Waals surface area contributed by atoms with Gasteiger partial charge in [-0.3, -0.25) is 4.79 Å². The van der Waals surface area contributed by atoms with Gasteiger partial charge < -0.3 is 4.90 Å². The molecule has 1 aliphatic rings. The number of amides is 1. The van der Waals surface area contributed by atoms with Crippen LogP contribution < -0.4 is 0 Å². The maximum Gasteiger partial charge on any atom is 0.228 e. The molecular weight excluding hydrogens is 246 g/mol. The molecule has 0 bridgehead atoms. The van der Waals surface area contributed by atoms with Crippen LogP contribution in [0, 0.1) is 0 Å². The summed E-state index contributed by atoms with van der Waals surface area (Å²) in [6.45, 7) is 1.40. The van der Waals surface area contributed by atoms with E-state index in [9.17, 15) is 4.79 Å². The number of carbonyl (C=O) groups excluding carboxylic acids is 1. The Morgan fingerprint density at radius 3 is 3.28 bits per heavy atom. The largest absolute Gasteiger partial charge is 0.338 e. The number of thiophene rings is 1. The molecule has 3 heterocycles. The van der Waals surface area contributed by atoms with Crippen LogP contribution in [0.4, 0.5) is 0 Å². The summed E-state index contributed by atoms with van der Waals surface area (Å²) in [6, 6.07) is 3.98. The Kier molecular flexibility index (Phi) is 3.06. The number of aromatic nitrogens is 2. The first-order valence-electron chi connectivity index (χ1n) is 5.91. The molecule has 3 rings (SSSR count). The third kappa shape index (κ3) is 2.26. The maximum atomic E-state index is 12.2. The summed E-state index contributed by atoms with van der Waals surface area (Å²) < 4.78 is 0. The van der Waals surface area contributed by atoms with Gasteiger partial charge in [0.15, 0.2) is 0 Å². The number of fused-ring (bicyclic) bond motifs is 1. The highest BCUT2D eigenvalue weighted by Crippen LogP contribution is 2.17. The topological polar surface area (TPSA) is 46.1 Å². The minimum atomic E-state index is 0.187. The SMILES string of the molecule is O=C(Cc1cccs1)N1CCc2ncncc2C1. The quantitative estimate of drug-likeness (QED) is 0.824. The minimum Gasteiger partial charge on any atom is -0.338 e. The minimum absolute atomic E-state index is 0.187. The van der Waals surface area contributed by atoms with Crippen molar-refractivity contribution in [2.45, 2.75) is 19.4 Å². The lowest BCUT2D eigenvalue weighted by Crippen LogP contribution is -2.37. The molecule has 2 aromatic heterocycles. The zero-order valence-corrected chi connectivity index (χ0v) is 10.7. The summed E-state index contributed by atoms with van der Waals surface area (Å²) in [5, 5.41) is 2.00. The number of nitrogens with zero attached hydrogens (tertiary/aromatic N) is 3. The Morgan fingerprint density at radius 2 is 2.44 bits per heavy atom. The van der Waals surface area contributed by atoms with Crippen LogP contribution in [-0.4, -0.2) is 27.3 Å². The zero-order chi connectivity index (χ0) is 12.4. The molecule has 0 N–H and O–H groups in total. The molecule has 0 spiro atoms. The molecule has 0 aliphatic carbocycles. The molecule has 0 fully saturated rings. The predicted octanol–water partition coefficient (Wildman–Crippen LogP) is 1.67. The van der Waals surface area contributed by atoms with E-state index < -0.39 is 0 Å². The van der Waals surface area contributed by atoms with Crippen LogP contribution in [0.1, 0.15) is 16.1 Å². The number of hydrogen-bond donors (Lipinski definition) is 0. The highest BCUT2D eigenvalue weighted by Gasteiger charge is 2.21. The van der Waals surface area contributed by atoms with Crippen molar-refractivity contribution in [1.82, 2.24) is 14.9 Å². The van der Waals surface area contributed by atoms with Gasteiger partial charge >= 0.3 is 0 Å². The molecule has 2 aromatic rings. The van der Waals surface area contributed by atoms with E-state index in [0.29, 0.717) is 13.0 Å². The lowest BCUT2D eigenvalue weighted by Gasteiger charge is -2.27. The van der Waals surface area contributed by atoms with Crippen molar-refractivity contribution in [2.75, 3.05) is 6.54 Å². The summed E-state index contributed by atoms with van der Waals surface area (Å²) in [7, 11) is 0. The number of rotatable bonds is 2. The number of hydrogen-bond acceptors (Lipinski definition) is 4. The highest BCUT2D eigenvalue weighted by atomic mass is 32.1. The average molecular weight is 259 g/mol. The molecule has 4 nitrogen and oxygen atoms in total. The lowest BCUT2D eigenvalue weighted by atomic mass is 10.1. The summed E-state index contributed by atoms with van der Waals surface area (Å²) in [5.41, 5.74) is 2.15. The first-order chi connectivity index (χ1) is 8.83. The van der Waals surface area contributed by atoms with Gasteiger partial charge in [-0.2, -0.15) is 0 Å². The fourth-order valence-corrected chi connectivity index (χ4v) is 2.85. The standard InChI is InChI=1S/C13H13N3OS/c17-13(6-11-2-1-5-18-11)16-4-3-12-10(8-16)7-14-9-15-12/h1-2,5,7,9H,3-4,6,8H2. The Labute approximate surface area is 109 Å². The van der Waals surface area contributed by atoms with E-state index in [4.69, 9.17) is 0 Å². The first-order valence-corrected chi connectivity index (χ1v) is 6.79. The van der Waals surface area contributed by atoms with Crippen LogP contribution in [0.3, 0.4) is 0 Å². The molecule has 0 saturated heterocycles. The van der Waals surface area contributed by atoms with Crippen molar-refractivity contribution >= 4 is 17.2 Å². The van der Waals surface area contributed by atoms with E-state index in [1.165, 1.54) is 0 Å². The molecule has 0 atom stereocenters. The molecule has 0 aromatic carbocycles. The maximum absolute atomic E-state index is 12.2. The smallest absolute Gasteiger partial charge is 0.228 e. The molecule has 18 heavy (non-hydrogen) atoms. The molecule has 1 amide bonds. The van der Waals surface area contributed by atoms with Crippen molar-refractivity contribution in [3.05, 3.63) is 46.2 Å². The molecule has 0 saturated carbocycles. The van der Waals surface area contributed by atoms with Gasteiger partial charge in [0.25, 0.3) is 0 Å². The normalized spacial score (nSPS) is 14.3. The Morgan fingerprint density at radius 1 is 1.50 bits per heavy atom. The summed E-state index contributed by atoms with van der Waals surface area (Å²) in [6.07, 6.45) is 4.71. The van der Waals surface area contributed by atoms with E-state index in [1.807, 2.05) is 28.6 Å². The second kappa shape index (κ2) is 4.86. The Hall–Kier alpha value is -1.75. The zero-order valence-electron chi connectivity index (χ0n) is 9.87. The van der Waals surface area contributed by atoms with Gasteiger partial charge in [0, 0.05) is 36.1 Å². The first kappa shape index (κ1) is 11.3. The Bertz CT molecular complexity index is 553. The summed E-state index contributed by atoms with van der Waals surface area (Å²) >= 11 is 1.63. The van der Waals surface area contributed by atoms with Gasteiger partial charge in [-0.1, -0.05) is 6.07 Å². The van der Waals surface area contributed by atoms with Crippen molar-refractivity contribution < 1.29 is 4.79 Å². The fraction of sp³-hybridized carbons (Fsp3) is 0.308. The van der Waals surface area contributed by atoms with Gasteiger partial charge in [-0.25, -0.2) is 9.97 Å². The van der Waals surface area contributed by atoms with Crippen molar-refractivity contribution in [2.24, 2.45) is 0 Å². The fourth-order valence-electron chi connectivity index (χ4n) is 2.15. The van der Waals surface area contributed by atoms with Crippen molar-refractivity contribution in [1.29, 1.82) is 0 Å². The van der Waals surface area contributed by atoms with Crippen molar-refractivity contribution in [3.63, 3.8) is 0 Å². The van der Waals surface area contributed by atoms with Crippen LogP contribution in [-0.2, 0) is 24.2 Å². The van der Waals surface area contributed by atoms with Gasteiger partial charge in [0.2, 0.25) is 5.91 Å². The third-order valence-corrected chi connectivity index (χ3v) is 4.00. The molecule has 1 aliphatic heterocycles. The van der Waals surface area contributed by atoms with E-state index in [1.54, 1.807) is 17.7 Å². The molecule has 0 radical (unpaired) electrons. The average Bonchev–Trinajstić information content (AvgIpc) is 2.91. The van der Waals surface area contributed by atoms with E-state index in [2.05, 4.69) is 9.97 Å². The van der Waals surface area contributed by atoms with Crippen LogP contribution >= 0.6 is 11.3 Å². The lowest BCUT2D eigenvalue weighted by molar-refractivity contribution is -0.131. The monoisotopic (exact) mass is 259 g/mol. The molecular formula is C13H13N3OS. The van der Waals surface area contributed by atoms with E-state index >= 15 is 0 Å². The van der Waals surface area contributed by atoms with Gasteiger partial charge in [0.05, 0.1) is 12.1 Å². The second-order valence-corrected chi connectivity index (χ2v) is 5.35. The van der Waals surface area contributed by atoms with E-state index in [0.717, 1.165) is 29.1 Å². The van der Waals surface area contributed by atoms with Gasteiger partial charge in [-0.15, -0.1) is 11.3 Å².